The number of ether oxygens (including phenoxy) is 2. The summed E-state index contributed by atoms with van der Waals surface area (Å²) in [5.41, 5.74) is -0.0738. The number of hydrogen-bond donors (Lipinski definition) is 3. The average Bonchev–Trinajstić information content (AvgIpc) is 3.42. The third kappa shape index (κ3) is 7.83. The van der Waals surface area contributed by atoms with Gasteiger partial charge >= 0.3 is 12.1 Å². The monoisotopic (exact) mass is 567 g/mol. The number of nitrogens with one attached hydrogen (secondary N) is 2. The summed E-state index contributed by atoms with van der Waals surface area (Å²) in [4.78, 5) is 40.3. The van der Waals surface area contributed by atoms with Crippen LogP contribution in [0.2, 0.25) is 0 Å². The van der Waals surface area contributed by atoms with Crippen molar-refractivity contribution in [2.45, 2.75) is 49.6 Å². The number of aromatic nitrogens is 4. The van der Waals surface area contributed by atoms with Crippen LogP contribution in [-0.2, 0) is 14.3 Å². The Balaban J connectivity index is 1.59. The highest BCUT2D eigenvalue weighted by molar-refractivity contribution is 8.77. The molecule has 1 saturated heterocycles. The van der Waals surface area contributed by atoms with Crippen LogP contribution in [0.3, 0.4) is 0 Å². The van der Waals surface area contributed by atoms with Crippen molar-refractivity contribution in [2.75, 3.05) is 33.2 Å². The molecule has 3 heterocycles. The van der Waals surface area contributed by atoms with Crippen LogP contribution in [0.25, 0.3) is 11.2 Å². The molecule has 1 unspecified atom stereocenters. The van der Waals surface area contributed by atoms with Crippen molar-refractivity contribution in [1.29, 1.82) is 0 Å². The second-order valence-electron chi connectivity index (χ2n) is 8.93. The number of nitrogens with zero attached hydrogens (tertiary/aromatic N) is 5. The SMILES string of the molecule is CN(C)C=Nc1nc2c(ncn2[C@H]2C[C@@H](OCSSC(C)(C)CNC(=O)C(F)(F)F)C(CO)O2)c(=O)[nH]1. The van der Waals surface area contributed by atoms with Gasteiger partial charge in [-0.25, -0.2) is 9.98 Å². The summed E-state index contributed by atoms with van der Waals surface area (Å²) in [5, 5.41) is 11.7. The minimum atomic E-state index is -4.93. The molecule has 0 aliphatic carbocycles. The predicted octanol–water partition coefficient (Wildman–Crippen LogP) is 1.80. The Morgan fingerprint density at radius 2 is 2.19 bits per heavy atom. The number of aliphatic hydroxyl groups is 1. The molecule has 1 aliphatic rings. The first-order chi connectivity index (χ1) is 17.3. The van der Waals surface area contributed by atoms with E-state index >= 15 is 0 Å². The maximum absolute atomic E-state index is 12.4. The molecule has 3 rings (SSSR count). The molecule has 0 bridgehead atoms. The fraction of sp³-hybridized carbons (Fsp3) is 0.650. The van der Waals surface area contributed by atoms with Gasteiger partial charge in [0, 0.05) is 31.8 Å². The van der Waals surface area contributed by atoms with Crippen molar-refractivity contribution in [2.24, 2.45) is 4.99 Å². The van der Waals surface area contributed by atoms with E-state index in [4.69, 9.17) is 9.47 Å². The Morgan fingerprint density at radius 1 is 1.46 bits per heavy atom. The molecule has 3 atom stereocenters. The van der Waals surface area contributed by atoms with Gasteiger partial charge in [-0.1, -0.05) is 21.6 Å². The van der Waals surface area contributed by atoms with Gasteiger partial charge in [0.2, 0.25) is 5.95 Å². The van der Waals surface area contributed by atoms with Crippen molar-refractivity contribution >= 4 is 50.9 Å². The van der Waals surface area contributed by atoms with Crippen molar-refractivity contribution in [1.82, 2.24) is 29.7 Å². The van der Waals surface area contributed by atoms with Crippen LogP contribution in [0.4, 0.5) is 19.1 Å². The Hall–Kier alpha value is -2.34. The summed E-state index contributed by atoms with van der Waals surface area (Å²) in [6, 6.07) is 0. The Morgan fingerprint density at radius 3 is 2.84 bits per heavy atom. The van der Waals surface area contributed by atoms with Gasteiger partial charge in [-0.05, 0) is 13.8 Å². The molecule has 1 amide bonds. The third-order valence-corrected chi connectivity index (χ3v) is 7.99. The zero-order chi connectivity index (χ0) is 27.4. The lowest BCUT2D eigenvalue weighted by molar-refractivity contribution is -0.173. The van der Waals surface area contributed by atoms with Gasteiger partial charge in [0.05, 0.1) is 25.4 Å². The number of carbonyl (C=O) groups excluding carboxylic acids is 1. The van der Waals surface area contributed by atoms with Gasteiger partial charge in [-0.3, -0.25) is 19.1 Å². The van der Waals surface area contributed by atoms with Crippen LogP contribution in [0.1, 0.15) is 26.5 Å². The van der Waals surface area contributed by atoms with Gasteiger partial charge in [0.15, 0.2) is 11.2 Å². The maximum Gasteiger partial charge on any atom is 0.471 e. The van der Waals surface area contributed by atoms with E-state index in [1.807, 2.05) is 5.32 Å². The standard InChI is InChI=1S/C20H28F3N7O5S2/c1-19(2,7-24-17(33)20(21,22)23)37-36-10-34-11-5-13(35-12(11)6-31)30-9-25-14-15(30)27-18(28-16(14)32)26-8-29(3)4/h8-9,11-13,31H,5-7,10H2,1-4H3,(H,24,33)(H,27,28,32)/t11-,12?,13-/m1/s1. The summed E-state index contributed by atoms with van der Waals surface area (Å²) in [7, 11) is 6.07. The Kier molecular flexibility index (Phi) is 9.49. The summed E-state index contributed by atoms with van der Waals surface area (Å²) in [6.07, 6.45) is -3.45. The number of aromatic amines is 1. The van der Waals surface area contributed by atoms with E-state index in [2.05, 4.69) is 19.9 Å². The normalized spacial score (nSPS) is 20.7. The number of alkyl halides is 3. The smallest absolute Gasteiger partial charge is 0.394 e. The van der Waals surface area contributed by atoms with Crippen molar-refractivity contribution in [3.8, 4) is 0 Å². The molecule has 1 aliphatic heterocycles. The first kappa shape index (κ1) is 29.2. The van der Waals surface area contributed by atoms with Crippen LogP contribution in [0.5, 0.6) is 0 Å². The molecule has 2 aromatic rings. The number of rotatable bonds is 11. The van der Waals surface area contributed by atoms with E-state index in [0.717, 1.165) is 0 Å². The number of H-pyrrole nitrogens is 1. The molecular formula is C20H28F3N7O5S2. The number of hydrogen-bond acceptors (Lipinski definition) is 10. The van der Waals surface area contributed by atoms with E-state index in [0.29, 0.717) is 6.42 Å². The lowest BCUT2D eigenvalue weighted by Gasteiger charge is -2.24. The Bertz CT molecular complexity index is 1170. The second-order valence-corrected chi connectivity index (χ2v) is 11.9. The lowest BCUT2D eigenvalue weighted by atomic mass is 10.2. The number of aliphatic hydroxyl groups excluding tert-OH is 1. The topological polar surface area (TPSA) is 147 Å². The van der Waals surface area contributed by atoms with Gasteiger partial charge in [0.1, 0.15) is 18.3 Å². The summed E-state index contributed by atoms with van der Waals surface area (Å²) in [5.74, 6) is -1.73. The fourth-order valence-electron chi connectivity index (χ4n) is 3.29. The molecule has 2 aromatic heterocycles. The first-order valence-corrected chi connectivity index (χ1v) is 13.3. The maximum atomic E-state index is 12.4. The van der Waals surface area contributed by atoms with Crippen LogP contribution >= 0.6 is 21.6 Å². The highest BCUT2D eigenvalue weighted by Crippen LogP contribution is 2.38. The highest BCUT2D eigenvalue weighted by atomic mass is 33.1. The van der Waals surface area contributed by atoms with E-state index < -0.39 is 40.8 Å². The highest BCUT2D eigenvalue weighted by Gasteiger charge is 2.40. The lowest BCUT2D eigenvalue weighted by Crippen LogP contribution is -2.42. The summed E-state index contributed by atoms with van der Waals surface area (Å²) < 4.78 is 49.8. The van der Waals surface area contributed by atoms with Crippen LogP contribution in [0.15, 0.2) is 16.1 Å². The van der Waals surface area contributed by atoms with Crippen LogP contribution < -0.4 is 10.9 Å². The quantitative estimate of drug-likeness (QED) is 0.121. The number of halogens is 3. The van der Waals surface area contributed by atoms with Crippen LogP contribution in [0, 0.1) is 0 Å². The molecule has 37 heavy (non-hydrogen) atoms. The molecule has 0 saturated carbocycles. The molecule has 0 radical (unpaired) electrons. The van der Waals surface area contributed by atoms with E-state index in [1.165, 1.54) is 34.3 Å². The fourth-order valence-corrected chi connectivity index (χ4v) is 5.46. The number of imidazole rings is 1. The van der Waals surface area contributed by atoms with Crippen molar-refractivity contribution in [3.63, 3.8) is 0 Å². The third-order valence-electron chi connectivity index (χ3n) is 5.05. The van der Waals surface area contributed by atoms with Crippen molar-refractivity contribution < 1.29 is 32.5 Å². The molecular weight excluding hydrogens is 539 g/mol. The molecule has 17 heteroatoms. The van der Waals surface area contributed by atoms with Gasteiger partial charge in [-0.15, -0.1) is 0 Å². The van der Waals surface area contributed by atoms with Gasteiger partial charge < -0.3 is 24.8 Å². The molecule has 0 spiro atoms. The minimum Gasteiger partial charge on any atom is -0.394 e. The molecule has 206 valence electrons. The molecule has 12 nitrogen and oxygen atoms in total. The summed E-state index contributed by atoms with van der Waals surface area (Å²) >= 11 is 0. The minimum absolute atomic E-state index is 0.0971. The van der Waals surface area contributed by atoms with E-state index in [-0.39, 0.29) is 36.2 Å². The zero-order valence-corrected chi connectivity index (χ0v) is 22.1. The molecule has 0 aromatic carbocycles. The van der Waals surface area contributed by atoms with Gasteiger partial charge in [-0.2, -0.15) is 18.2 Å². The average molecular weight is 568 g/mol. The second kappa shape index (κ2) is 12.0. The van der Waals surface area contributed by atoms with Crippen molar-refractivity contribution in [3.05, 3.63) is 16.7 Å². The van der Waals surface area contributed by atoms with E-state index in [1.54, 1.807) is 37.4 Å². The number of aliphatic imine (C=N–C) groups is 1. The molecule has 3 N–H and O–H groups in total. The zero-order valence-electron chi connectivity index (χ0n) is 20.5. The van der Waals surface area contributed by atoms with Crippen LogP contribution in [-0.4, -0.2) is 98.1 Å². The largest absolute Gasteiger partial charge is 0.471 e. The predicted molar refractivity (Wildman–Crippen MR) is 134 cm³/mol. The Labute approximate surface area is 217 Å². The van der Waals surface area contributed by atoms with E-state index in [9.17, 15) is 27.9 Å². The van der Waals surface area contributed by atoms with Gasteiger partial charge in [0.25, 0.3) is 5.56 Å². The number of carbonyl (C=O) groups is 1. The number of amides is 1. The molecule has 1 fully saturated rings. The first-order valence-electron chi connectivity index (χ1n) is 11.0. The number of fused-ring (bicyclic) bond motifs is 1. The summed E-state index contributed by atoms with van der Waals surface area (Å²) in [6.45, 7) is 2.90.